The SMILES string of the molecule is Cc1ncnn1-c1cnc(C(=O)Cc2ccc(F)c([C@]3(C)C=CSC(N)=N3)c2)cn1. The lowest BCUT2D eigenvalue weighted by Crippen LogP contribution is -2.25. The van der Waals surface area contributed by atoms with Gasteiger partial charge in [-0.15, -0.1) is 0 Å². The Morgan fingerprint density at radius 2 is 2.10 bits per heavy atom. The predicted molar refractivity (Wildman–Crippen MR) is 112 cm³/mol. The Kier molecular flexibility index (Phi) is 5.17. The zero-order valence-electron chi connectivity index (χ0n) is 16.3. The van der Waals surface area contributed by atoms with Crippen LogP contribution in [0, 0.1) is 12.7 Å². The number of hydrogen-bond donors (Lipinski definition) is 1. The van der Waals surface area contributed by atoms with Gasteiger partial charge in [-0.05, 0) is 43.0 Å². The second-order valence-corrected chi connectivity index (χ2v) is 7.84. The molecule has 0 bridgehead atoms. The van der Waals surface area contributed by atoms with Crippen molar-refractivity contribution in [3.8, 4) is 5.82 Å². The topological polar surface area (TPSA) is 112 Å². The second kappa shape index (κ2) is 7.79. The van der Waals surface area contributed by atoms with Gasteiger partial charge < -0.3 is 5.73 Å². The molecule has 1 aliphatic rings. The summed E-state index contributed by atoms with van der Waals surface area (Å²) in [6.45, 7) is 3.56. The van der Waals surface area contributed by atoms with E-state index >= 15 is 0 Å². The van der Waals surface area contributed by atoms with Crippen LogP contribution in [0.25, 0.3) is 5.82 Å². The van der Waals surface area contributed by atoms with Gasteiger partial charge in [0.05, 0.1) is 12.4 Å². The molecule has 0 fully saturated rings. The summed E-state index contributed by atoms with van der Waals surface area (Å²) in [4.78, 5) is 29.5. The maximum Gasteiger partial charge on any atom is 0.187 e. The summed E-state index contributed by atoms with van der Waals surface area (Å²) in [6, 6.07) is 4.56. The summed E-state index contributed by atoms with van der Waals surface area (Å²) in [6.07, 6.45) is 6.12. The van der Waals surface area contributed by atoms with E-state index in [1.54, 1.807) is 37.5 Å². The van der Waals surface area contributed by atoms with E-state index in [2.05, 4.69) is 25.0 Å². The molecule has 8 nitrogen and oxygen atoms in total. The third kappa shape index (κ3) is 3.86. The Morgan fingerprint density at radius 3 is 2.77 bits per heavy atom. The van der Waals surface area contributed by atoms with E-state index in [1.807, 2.05) is 0 Å². The first kappa shape index (κ1) is 19.9. The number of rotatable bonds is 5. The molecule has 3 heterocycles. The van der Waals surface area contributed by atoms with Crippen molar-refractivity contribution >= 4 is 22.7 Å². The van der Waals surface area contributed by atoms with Crippen LogP contribution in [0.1, 0.15) is 34.4 Å². The molecule has 0 amide bonds. The number of Topliss-reactive ketones (excluding diaryl/α,β-unsaturated/α-hetero) is 1. The average molecular weight is 423 g/mol. The van der Waals surface area contributed by atoms with Crippen molar-refractivity contribution in [3.63, 3.8) is 0 Å². The lowest BCUT2D eigenvalue weighted by atomic mass is 9.90. The number of aryl methyl sites for hydroxylation is 1. The van der Waals surface area contributed by atoms with Crippen LogP contribution in [-0.4, -0.2) is 35.7 Å². The Balaban J connectivity index is 1.56. The first-order valence-corrected chi connectivity index (χ1v) is 9.94. The number of ketones is 1. The first-order valence-electron chi connectivity index (χ1n) is 9.06. The number of amidine groups is 1. The Labute approximate surface area is 176 Å². The quantitative estimate of drug-likeness (QED) is 0.628. The number of aromatic nitrogens is 5. The maximum absolute atomic E-state index is 14.5. The van der Waals surface area contributed by atoms with Gasteiger partial charge >= 0.3 is 0 Å². The van der Waals surface area contributed by atoms with Gasteiger partial charge in [-0.1, -0.05) is 17.8 Å². The highest BCUT2D eigenvalue weighted by Crippen LogP contribution is 2.34. The molecule has 1 atom stereocenters. The van der Waals surface area contributed by atoms with Crippen LogP contribution in [-0.2, 0) is 12.0 Å². The number of thioether (sulfide) groups is 1. The van der Waals surface area contributed by atoms with Crippen LogP contribution >= 0.6 is 11.8 Å². The summed E-state index contributed by atoms with van der Waals surface area (Å²) >= 11 is 1.28. The van der Waals surface area contributed by atoms with Crippen molar-refractivity contribution in [1.82, 2.24) is 24.7 Å². The van der Waals surface area contributed by atoms with Crippen LogP contribution in [0.3, 0.4) is 0 Å². The molecule has 152 valence electrons. The van der Waals surface area contributed by atoms with E-state index in [-0.39, 0.29) is 17.9 Å². The van der Waals surface area contributed by atoms with Gasteiger partial charge in [0.25, 0.3) is 0 Å². The van der Waals surface area contributed by atoms with Crippen LogP contribution in [0.4, 0.5) is 4.39 Å². The molecule has 10 heteroatoms. The fourth-order valence-corrected chi connectivity index (χ4v) is 3.84. The number of carbonyl (C=O) groups is 1. The highest BCUT2D eigenvalue weighted by Gasteiger charge is 2.29. The molecule has 0 saturated heterocycles. The van der Waals surface area contributed by atoms with Crippen molar-refractivity contribution in [3.05, 3.63) is 76.9 Å². The highest BCUT2D eigenvalue weighted by molar-refractivity contribution is 8.16. The van der Waals surface area contributed by atoms with Crippen molar-refractivity contribution in [2.45, 2.75) is 25.8 Å². The number of hydrogen-bond acceptors (Lipinski definition) is 8. The maximum atomic E-state index is 14.5. The average Bonchev–Trinajstić information content (AvgIpc) is 3.15. The van der Waals surface area contributed by atoms with Gasteiger partial charge in [0, 0.05) is 12.0 Å². The minimum absolute atomic E-state index is 0.0530. The molecule has 0 radical (unpaired) electrons. The van der Waals surface area contributed by atoms with Gasteiger partial charge in [0.1, 0.15) is 29.2 Å². The number of carbonyl (C=O) groups excluding carboxylic acids is 1. The Bertz CT molecular complexity index is 1170. The van der Waals surface area contributed by atoms with Crippen LogP contribution in [0.5, 0.6) is 0 Å². The zero-order valence-corrected chi connectivity index (χ0v) is 17.1. The fraction of sp³-hybridized carbons (Fsp3) is 0.200. The van der Waals surface area contributed by atoms with Crippen LogP contribution < -0.4 is 5.73 Å². The number of nitrogens with zero attached hydrogens (tertiary/aromatic N) is 6. The van der Waals surface area contributed by atoms with E-state index in [4.69, 9.17) is 5.73 Å². The van der Waals surface area contributed by atoms with Gasteiger partial charge in [-0.3, -0.25) is 4.79 Å². The summed E-state index contributed by atoms with van der Waals surface area (Å²) in [7, 11) is 0. The number of nitrogens with two attached hydrogens (primary N) is 1. The van der Waals surface area contributed by atoms with E-state index < -0.39 is 11.4 Å². The van der Waals surface area contributed by atoms with Gasteiger partial charge in [0.15, 0.2) is 16.8 Å². The molecule has 1 aromatic carbocycles. The molecular formula is C20H18FN7OS. The number of benzene rings is 1. The lowest BCUT2D eigenvalue weighted by molar-refractivity contribution is 0.0987. The summed E-state index contributed by atoms with van der Waals surface area (Å²) in [5, 5.41) is 6.20. The van der Waals surface area contributed by atoms with Crippen molar-refractivity contribution in [2.75, 3.05) is 0 Å². The van der Waals surface area contributed by atoms with Crippen molar-refractivity contribution in [1.29, 1.82) is 0 Å². The van der Waals surface area contributed by atoms with Crippen LogP contribution in [0.2, 0.25) is 0 Å². The van der Waals surface area contributed by atoms with E-state index in [0.29, 0.717) is 27.9 Å². The third-order valence-corrected chi connectivity index (χ3v) is 5.33. The minimum atomic E-state index is -0.921. The molecule has 30 heavy (non-hydrogen) atoms. The zero-order chi connectivity index (χ0) is 21.3. The van der Waals surface area contributed by atoms with E-state index in [1.165, 1.54) is 41.2 Å². The molecule has 2 aromatic heterocycles. The van der Waals surface area contributed by atoms with Gasteiger partial charge in [0.2, 0.25) is 0 Å². The summed E-state index contributed by atoms with van der Waals surface area (Å²) in [5.74, 6) is 0.490. The lowest BCUT2D eigenvalue weighted by Gasteiger charge is -2.26. The Hall–Kier alpha value is -3.40. The van der Waals surface area contributed by atoms with E-state index in [9.17, 15) is 9.18 Å². The van der Waals surface area contributed by atoms with Crippen molar-refractivity contribution in [2.24, 2.45) is 10.7 Å². The standard InChI is InChI=1S/C20H18FN7OS/c1-12-25-11-26-28(12)18-10-23-16(9-24-18)17(29)8-13-3-4-15(21)14(7-13)20(2)5-6-30-19(22)27-20/h3-7,9-11H,8H2,1-2H3,(H2,22,27)/t20-/m0/s1. The largest absolute Gasteiger partial charge is 0.378 e. The normalized spacial score (nSPS) is 18.3. The highest BCUT2D eigenvalue weighted by atomic mass is 32.2. The van der Waals surface area contributed by atoms with E-state index in [0.717, 1.165) is 0 Å². The molecule has 2 N–H and O–H groups in total. The first-order chi connectivity index (χ1) is 14.4. The molecule has 0 unspecified atom stereocenters. The molecule has 4 rings (SSSR count). The predicted octanol–water partition coefficient (Wildman–Crippen LogP) is 2.72. The van der Waals surface area contributed by atoms with Crippen molar-refractivity contribution < 1.29 is 9.18 Å². The smallest absolute Gasteiger partial charge is 0.187 e. The number of aliphatic imine (C=N–C) groups is 1. The molecule has 0 saturated carbocycles. The molecular weight excluding hydrogens is 405 g/mol. The Morgan fingerprint density at radius 1 is 1.27 bits per heavy atom. The minimum Gasteiger partial charge on any atom is -0.378 e. The summed E-state index contributed by atoms with van der Waals surface area (Å²) in [5.41, 5.74) is 6.11. The van der Waals surface area contributed by atoms with Gasteiger partial charge in [-0.25, -0.2) is 24.3 Å². The number of halogens is 1. The second-order valence-electron chi connectivity index (χ2n) is 6.91. The molecule has 0 aliphatic carbocycles. The monoisotopic (exact) mass is 423 g/mol. The summed E-state index contributed by atoms with van der Waals surface area (Å²) < 4.78 is 16.1. The molecule has 0 spiro atoms. The van der Waals surface area contributed by atoms with Crippen LogP contribution in [0.15, 0.2) is 53.4 Å². The molecule has 3 aromatic rings. The molecule has 1 aliphatic heterocycles. The third-order valence-electron chi connectivity index (χ3n) is 4.72. The fourth-order valence-electron chi connectivity index (χ4n) is 3.12. The van der Waals surface area contributed by atoms with Gasteiger partial charge in [-0.2, -0.15) is 9.78 Å².